The highest BCUT2D eigenvalue weighted by Crippen LogP contribution is 2.20. The Balaban J connectivity index is 2.60. The van der Waals surface area contributed by atoms with Crippen LogP contribution in [0.25, 0.3) is 0 Å². The average Bonchev–Trinajstić information content (AvgIpc) is 2.24. The number of benzene rings is 1. The van der Waals surface area contributed by atoms with Gasteiger partial charge < -0.3 is 15.5 Å². The molecule has 3 N–H and O–H groups in total. The molecule has 0 heterocycles. The molecule has 15 heavy (non-hydrogen) atoms. The molecule has 0 fully saturated rings. The van der Waals surface area contributed by atoms with Crippen LogP contribution >= 0.6 is 27.5 Å². The van der Waals surface area contributed by atoms with E-state index in [1.165, 1.54) is 0 Å². The largest absolute Gasteiger partial charge is 0.395 e. The lowest BCUT2D eigenvalue weighted by atomic mass is 10.2. The minimum absolute atomic E-state index is 0.0951. The Morgan fingerprint density at radius 2 is 2.00 bits per heavy atom. The van der Waals surface area contributed by atoms with E-state index in [4.69, 9.17) is 21.8 Å². The molecule has 0 amide bonds. The lowest BCUT2D eigenvalue weighted by molar-refractivity contribution is 0.170. The topological polar surface area (TPSA) is 52.5 Å². The van der Waals surface area contributed by atoms with Gasteiger partial charge in [0.05, 0.1) is 19.3 Å². The number of halogens is 2. The lowest BCUT2D eigenvalue weighted by Crippen LogP contribution is -2.35. The van der Waals surface area contributed by atoms with Gasteiger partial charge in [0.25, 0.3) is 0 Å². The van der Waals surface area contributed by atoms with E-state index in [2.05, 4.69) is 21.2 Å². The Hall–Kier alpha value is -0.130. The summed E-state index contributed by atoms with van der Waals surface area (Å²) in [6.07, 6.45) is 0. The van der Waals surface area contributed by atoms with E-state index in [0.717, 1.165) is 10.0 Å². The van der Waals surface area contributed by atoms with Crippen LogP contribution in [0.5, 0.6) is 0 Å². The molecule has 0 aliphatic rings. The highest BCUT2D eigenvalue weighted by atomic mass is 79.9. The van der Waals surface area contributed by atoms with E-state index in [1.807, 2.05) is 12.1 Å². The highest BCUT2D eigenvalue weighted by Gasteiger charge is 2.06. The van der Waals surface area contributed by atoms with Crippen molar-refractivity contribution in [2.45, 2.75) is 12.6 Å². The fourth-order valence-electron chi connectivity index (χ4n) is 1.12. The molecule has 84 valence electrons. The molecule has 1 rings (SSSR count). The summed E-state index contributed by atoms with van der Waals surface area (Å²) in [5.74, 6) is 0. The minimum Gasteiger partial charge on any atom is -0.395 e. The number of aliphatic hydroxyl groups is 2. The molecular formula is C10H13BrClNO2. The van der Waals surface area contributed by atoms with Crippen LogP contribution in [-0.4, -0.2) is 29.5 Å². The molecule has 0 saturated heterocycles. The van der Waals surface area contributed by atoms with E-state index < -0.39 is 0 Å². The quantitative estimate of drug-likeness (QED) is 0.772. The fraction of sp³-hybridized carbons (Fsp3) is 0.400. The van der Waals surface area contributed by atoms with Gasteiger partial charge in [0.1, 0.15) is 0 Å². The maximum atomic E-state index is 8.86. The van der Waals surface area contributed by atoms with E-state index in [0.29, 0.717) is 11.6 Å². The van der Waals surface area contributed by atoms with Crippen LogP contribution in [0.4, 0.5) is 0 Å². The van der Waals surface area contributed by atoms with Gasteiger partial charge >= 0.3 is 0 Å². The van der Waals surface area contributed by atoms with Crippen LogP contribution in [0, 0.1) is 0 Å². The first kappa shape index (κ1) is 12.9. The standard InChI is InChI=1S/C10H13BrClNO2/c11-8-1-2-10(12)7(3-8)4-13-9(5-14)6-15/h1-3,9,13-15H,4-6H2. The van der Waals surface area contributed by atoms with Crippen LogP contribution in [0.1, 0.15) is 5.56 Å². The smallest absolute Gasteiger partial charge is 0.0607 e. The van der Waals surface area contributed by atoms with Crippen molar-refractivity contribution in [1.82, 2.24) is 5.32 Å². The first-order chi connectivity index (χ1) is 7.17. The van der Waals surface area contributed by atoms with E-state index in [1.54, 1.807) is 6.07 Å². The van der Waals surface area contributed by atoms with Crippen molar-refractivity contribution < 1.29 is 10.2 Å². The molecule has 0 spiro atoms. The molecule has 5 heteroatoms. The second-order valence-electron chi connectivity index (χ2n) is 3.18. The van der Waals surface area contributed by atoms with Crippen LogP contribution in [-0.2, 0) is 6.54 Å². The summed E-state index contributed by atoms with van der Waals surface area (Å²) < 4.78 is 0.952. The molecule has 0 aliphatic heterocycles. The second kappa shape index (κ2) is 6.45. The van der Waals surface area contributed by atoms with Gasteiger partial charge in [-0.25, -0.2) is 0 Å². The summed E-state index contributed by atoms with van der Waals surface area (Å²) in [5.41, 5.74) is 0.929. The molecule has 0 radical (unpaired) electrons. The first-order valence-corrected chi connectivity index (χ1v) is 5.73. The molecule has 0 atom stereocenters. The van der Waals surface area contributed by atoms with Gasteiger partial charge in [0.15, 0.2) is 0 Å². The maximum absolute atomic E-state index is 8.86. The van der Waals surface area contributed by atoms with Crippen LogP contribution in [0.3, 0.4) is 0 Å². The normalized spacial score (nSPS) is 11.0. The molecule has 0 aliphatic carbocycles. The Morgan fingerprint density at radius 3 is 2.60 bits per heavy atom. The summed E-state index contributed by atoms with van der Waals surface area (Å²) in [6, 6.07) is 5.26. The third-order valence-corrected chi connectivity index (χ3v) is 2.89. The van der Waals surface area contributed by atoms with E-state index >= 15 is 0 Å². The Labute approximate surface area is 102 Å². The van der Waals surface area contributed by atoms with Gasteiger partial charge in [-0.2, -0.15) is 0 Å². The van der Waals surface area contributed by atoms with Crippen molar-refractivity contribution in [2.24, 2.45) is 0 Å². The third kappa shape index (κ3) is 4.09. The predicted octanol–water partition coefficient (Wildman–Crippen LogP) is 1.55. The summed E-state index contributed by atoms with van der Waals surface area (Å²) in [4.78, 5) is 0. The second-order valence-corrected chi connectivity index (χ2v) is 4.50. The van der Waals surface area contributed by atoms with Gasteiger partial charge in [-0.05, 0) is 23.8 Å². The van der Waals surface area contributed by atoms with Crippen molar-refractivity contribution in [3.05, 3.63) is 33.3 Å². The van der Waals surface area contributed by atoms with E-state index in [-0.39, 0.29) is 19.3 Å². The zero-order chi connectivity index (χ0) is 11.3. The van der Waals surface area contributed by atoms with Crippen LogP contribution < -0.4 is 5.32 Å². The van der Waals surface area contributed by atoms with Gasteiger partial charge in [-0.1, -0.05) is 27.5 Å². The molecule has 0 bridgehead atoms. The average molecular weight is 295 g/mol. The SMILES string of the molecule is OCC(CO)NCc1cc(Br)ccc1Cl. The van der Waals surface area contributed by atoms with Crippen LogP contribution in [0.15, 0.2) is 22.7 Å². The van der Waals surface area contributed by atoms with Gasteiger partial charge in [-0.15, -0.1) is 0 Å². The Bertz CT molecular complexity index is 318. The number of rotatable bonds is 5. The Kier molecular flexibility index (Phi) is 5.56. The van der Waals surface area contributed by atoms with Crippen LogP contribution in [0.2, 0.25) is 5.02 Å². The van der Waals surface area contributed by atoms with Gasteiger partial charge in [0, 0.05) is 16.0 Å². The number of hydrogen-bond acceptors (Lipinski definition) is 3. The summed E-state index contributed by atoms with van der Waals surface area (Å²) in [6.45, 7) is 0.328. The molecule has 1 aromatic carbocycles. The molecule has 0 saturated carbocycles. The first-order valence-electron chi connectivity index (χ1n) is 4.56. The molecule has 0 unspecified atom stereocenters. The van der Waals surface area contributed by atoms with Crippen molar-refractivity contribution >= 4 is 27.5 Å². The highest BCUT2D eigenvalue weighted by molar-refractivity contribution is 9.10. The van der Waals surface area contributed by atoms with Crippen molar-refractivity contribution in [1.29, 1.82) is 0 Å². The number of nitrogens with one attached hydrogen (secondary N) is 1. The molecule has 3 nitrogen and oxygen atoms in total. The van der Waals surface area contributed by atoms with E-state index in [9.17, 15) is 0 Å². The van der Waals surface area contributed by atoms with Crippen molar-refractivity contribution in [2.75, 3.05) is 13.2 Å². The van der Waals surface area contributed by atoms with Crippen molar-refractivity contribution in [3.63, 3.8) is 0 Å². The molecular weight excluding hydrogens is 281 g/mol. The van der Waals surface area contributed by atoms with Gasteiger partial charge in [0.2, 0.25) is 0 Å². The Morgan fingerprint density at radius 1 is 1.33 bits per heavy atom. The summed E-state index contributed by atoms with van der Waals surface area (Å²) >= 11 is 9.33. The summed E-state index contributed by atoms with van der Waals surface area (Å²) in [7, 11) is 0. The third-order valence-electron chi connectivity index (χ3n) is 2.03. The molecule has 0 aromatic heterocycles. The maximum Gasteiger partial charge on any atom is 0.0607 e. The zero-order valence-corrected chi connectivity index (χ0v) is 10.4. The van der Waals surface area contributed by atoms with Gasteiger partial charge in [-0.3, -0.25) is 0 Å². The molecule has 1 aromatic rings. The number of hydrogen-bond donors (Lipinski definition) is 3. The lowest BCUT2D eigenvalue weighted by Gasteiger charge is -2.14. The fourth-order valence-corrected chi connectivity index (χ4v) is 1.71. The van der Waals surface area contributed by atoms with Crippen molar-refractivity contribution in [3.8, 4) is 0 Å². The number of aliphatic hydroxyl groups excluding tert-OH is 2. The zero-order valence-electron chi connectivity index (χ0n) is 8.08. The monoisotopic (exact) mass is 293 g/mol. The predicted molar refractivity (Wildman–Crippen MR) is 64.0 cm³/mol. The summed E-state index contributed by atoms with van der Waals surface area (Å²) in [5, 5.41) is 21.4. The minimum atomic E-state index is -0.306.